The molecule has 0 unspecified atom stereocenters. The lowest BCUT2D eigenvalue weighted by Crippen LogP contribution is -2.13. The van der Waals surface area contributed by atoms with Crippen molar-refractivity contribution in [2.24, 2.45) is 0 Å². The molecule has 3 rings (SSSR count). The third-order valence-corrected chi connectivity index (χ3v) is 3.50. The van der Waals surface area contributed by atoms with Gasteiger partial charge in [-0.1, -0.05) is 51.1 Å². The maximum Gasteiger partial charge on any atom is 0.146 e. The van der Waals surface area contributed by atoms with E-state index in [1.807, 2.05) is 36.4 Å². The normalized spacial score (nSPS) is 11.8. The molecule has 0 atom stereocenters. The Kier molecular flexibility index (Phi) is 3.42. The molecule has 0 aliphatic rings. The highest BCUT2D eigenvalue weighted by atomic mass is 16.5. The summed E-state index contributed by atoms with van der Waals surface area (Å²) in [7, 11) is 0. The molecule has 3 heteroatoms. The minimum Gasteiger partial charge on any atom is -0.485 e. The molecule has 21 heavy (non-hydrogen) atoms. The number of benzene rings is 2. The molecule has 2 aromatic carbocycles. The number of para-hydroxylation sites is 3. The van der Waals surface area contributed by atoms with E-state index in [9.17, 15) is 0 Å². The van der Waals surface area contributed by atoms with Gasteiger partial charge in [0.15, 0.2) is 0 Å². The molecule has 1 aromatic heterocycles. The van der Waals surface area contributed by atoms with Gasteiger partial charge in [-0.3, -0.25) is 0 Å². The molecule has 3 nitrogen and oxygen atoms in total. The smallest absolute Gasteiger partial charge is 0.146 e. The van der Waals surface area contributed by atoms with Crippen LogP contribution in [-0.2, 0) is 12.0 Å². The first-order valence-electron chi connectivity index (χ1n) is 7.20. The van der Waals surface area contributed by atoms with Crippen molar-refractivity contribution >= 4 is 11.0 Å². The van der Waals surface area contributed by atoms with Crippen molar-refractivity contribution in [3.05, 3.63) is 59.9 Å². The number of fused-ring (bicyclic) bond motifs is 1. The summed E-state index contributed by atoms with van der Waals surface area (Å²) in [6, 6.07) is 16.2. The molecule has 0 spiro atoms. The number of imidazole rings is 1. The van der Waals surface area contributed by atoms with Crippen LogP contribution < -0.4 is 4.74 Å². The van der Waals surface area contributed by atoms with E-state index in [2.05, 4.69) is 42.9 Å². The van der Waals surface area contributed by atoms with Crippen molar-refractivity contribution in [1.82, 2.24) is 9.97 Å². The Hall–Kier alpha value is -2.29. The Morgan fingerprint density at radius 3 is 2.48 bits per heavy atom. The predicted octanol–water partition coefficient (Wildman–Crippen LogP) is 4.44. The highest BCUT2D eigenvalue weighted by Gasteiger charge is 2.18. The fourth-order valence-corrected chi connectivity index (χ4v) is 2.43. The second kappa shape index (κ2) is 5.24. The van der Waals surface area contributed by atoms with Gasteiger partial charge in [-0.05, 0) is 29.2 Å². The van der Waals surface area contributed by atoms with E-state index in [-0.39, 0.29) is 5.41 Å². The first kappa shape index (κ1) is 13.7. The van der Waals surface area contributed by atoms with Gasteiger partial charge in [-0.25, -0.2) is 4.98 Å². The molecule has 1 N–H and O–H groups in total. The van der Waals surface area contributed by atoms with Crippen molar-refractivity contribution in [2.45, 2.75) is 32.8 Å². The largest absolute Gasteiger partial charge is 0.485 e. The van der Waals surface area contributed by atoms with Crippen LogP contribution in [0.3, 0.4) is 0 Å². The second-order valence-corrected chi connectivity index (χ2v) is 6.24. The first-order valence-corrected chi connectivity index (χ1v) is 7.20. The van der Waals surface area contributed by atoms with Gasteiger partial charge in [0.2, 0.25) is 0 Å². The zero-order chi connectivity index (χ0) is 14.9. The summed E-state index contributed by atoms with van der Waals surface area (Å²) < 4.78 is 5.99. The molecule has 0 amide bonds. The lowest BCUT2D eigenvalue weighted by atomic mass is 9.86. The molecule has 1 heterocycles. The molecule has 0 radical (unpaired) electrons. The van der Waals surface area contributed by atoms with Crippen LogP contribution in [0.15, 0.2) is 48.5 Å². The van der Waals surface area contributed by atoms with E-state index in [0.29, 0.717) is 6.61 Å². The van der Waals surface area contributed by atoms with E-state index in [1.54, 1.807) is 0 Å². The van der Waals surface area contributed by atoms with Crippen molar-refractivity contribution < 1.29 is 4.74 Å². The Morgan fingerprint density at radius 2 is 1.71 bits per heavy atom. The summed E-state index contributed by atoms with van der Waals surface area (Å²) in [4.78, 5) is 7.83. The SMILES string of the molecule is CC(C)(C)c1ccccc1OCc1nc2ccccc2[nH]1. The molecule has 0 aliphatic heterocycles. The number of H-pyrrole nitrogens is 1. The standard InChI is InChI=1S/C18H20N2O/c1-18(2,3)13-8-4-7-11-16(13)21-12-17-19-14-9-5-6-10-15(14)20-17/h4-11H,12H2,1-3H3,(H,19,20). The average Bonchev–Trinajstić information content (AvgIpc) is 2.87. The molecule has 108 valence electrons. The summed E-state index contributed by atoms with van der Waals surface area (Å²) in [5.74, 6) is 1.77. The Bertz CT molecular complexity index is 720. The Morgan fingerprint density at radius 1 is 1.00 bits per heavy atom. The molecule has 0 aliphatic carbocycles. The molecule has 0 fully saturated rings. The molecular weight excluding hydrogens is 260 g/mol. The molecule has 0 saturated heterocycles. The predicted molar refractivity (Wildman–Crippen MR) is 85.6 cm³/mol. The zero-order valence-electron chi connectivity index (χ0n) is 12.7. The summed E-state index contributed by atoms with van der Waals surface area (Å²) in [5, 5.41) is 0. The van der Waals surface area contributed by atoms with E-state index < -0.39 is 0 Å². The van der Waals surface area contributed by atoms with Gasteiger partial charge in [0.05, 0.1) is 11.0 Å². The summed E-state index contributed by atoms with van der Waals surface area (Å²) in [6.07, 6.45) is 0. The van der Waals surface area contributed by atoms with Crippen LogP contribution in [0.2, 0.25) is 0 Å². The third kappa shape index (κ3) is 2.92. The minimum absolute atomic E-state index is 0.0600. The fraction of sp³-hybridized carbons (Fsp3) is 0.278. The van der Waals surface area contributed by atoms with E-state index in [4.69, 9.17) is 4.74 Å². The number of hydrogen-bond donors (Lipinski definition) is 1. The monoisotopic (exact) mass is 280 g/mol. The molecule has 3 aromatic rings. The number of ether oxygens (including phenoxy) is 1. The van der Waals surface area contributed by atoms with Crippen LogP contribution in [0.4, 0.5) is 0 Å². The van der Waals surface area contributed by atoms with Crippen LogP contribution in [0.5, 0.6) is 5.75 Å². The first-order chi connectivity index (χ1) is 10.0. The summed E-state index contributed by atoms with van der Waals surface area (Å²) in [6.45, 7) is 7.02. The van der Waals surface area contributed by atoms with Crippen LogP contribution in [0.1, 0.15) is 32.2 Å². The van der Waals surface area contributed by atoms with Gasteiger partial charge < -0.3 is 9.72 Å². The van der Waals surface area contributed by atoms with Crippen LogP contribution >= 0.6 is 0 Å². The lowest BCUT2D eigenvalue weighted by molar-refractivity contribution is 0.289. The fourth-order valence-electron chi connectivity index (χ4n) is 2.43. The van der Waals surface area contributed by atoms with Crippen LogP contribution in [-0.4, -0.2) is 9.97 Å². The van der Waals surface area contributed by atoms with Crippen molar-refractivity contribution in [3.63, 3.8) is 0 Å². The van der Waals surface area contributed by atoms with Gasteiger partial charge in [-0.15, -0.1) is 0 Å². The number of aromatic nitrogens is 2. The van der Waals surface area contributed by atoms with Gasteiger partial charge in [0.25, 0.3) is 0 Å². The van der Waals surface area contributed by atoms with Crippen molar-refractivity contribution in [2.75, 3.05) is 0 Å². The van der Waals surface area contributed by atoms with Gasteiger partial charge in [0, 0.05) is 0 Å². The maximum atomic E-state index is 5.99. The van der Waals surface area contributed by atoms with Crippen LogP contribution in [0, 0.1) is 0 Å². The van der Waals surface area contributed by atoms with Gasteiger partial charge >= 0.3 is 0 Å². The molecule has 0 bridgehead atoms. The molecular formula is C18H20N2O. The average molecular weight is 280 g/mol. The summed E-state index contributed by atoms with van der Waals surface area (Å²) >= 11 is 0. The molecule has 0 saturated carbocycles. The number of nitrogens with zero attached hydrogens (tertiary/aromatic N) is 1. The van der Waals surface area contributed by atoms with Gasteiger partial charge in [0.1, 0.15) is 18.2 Å². The number of aromatic amines is 1. The van der Waals surface area contributed by atoms with Gasteiger partial charge in [-0.2, -0.15) is 0 Å². The zero-order valence-corrected chi connectivity index (χ0v) is 12.7. The van der Waals surface area contributed by atoms with E-state index >= 15 is 0 Å². The summed E-state index contributed by atoms with van der Waals surface area (Å²) in [5.41, 5.74) is 3.28. The van der Waals surface area contributed by atoms with Crippen LogP contribution in [0.25, 0.3) is 11.0 Å². The number of hydrogen-bond acceptors (Lipinski definition) is 2. The third-order valence-electron chi connectivity index (χ3n) is 3.50. The highest BCUT2D eigenvalue weighted by molar-refractivity contribution is 5.74. The quantitative estimate of drug-likeness (QED) is 0.770. The topological polar surface area (TPSA) is 37.9 Å². The number of nitrogens with one attached hydrogen (secondary N) is 1. The van der Waals surface area contributed by atoms with Crippen molar-refractivity contribution in [3.8, 4) is 5.75 Å². The minimum atomic E-state index is 0.0600. The Labute approximate surface area is 125 Å². The highest BCUT2D eigenvalue weighted by Crippen LogP contribution is 2.31. The van der Waals surface area contributed by atoms with E-state index in [1.165, 1.54) is 5.56 Å². The maximum absolute atomic E-state index is 5.99. The number of rotatable bonds is 3. The second-order valence-electron chi connectivity index (χ2n) is 6.24. The van der Waals surface area contributed by atoms with E-state index in [0.717, 1.165) is 22.6 Å². The Balaban J connectivity index is 1.82. The van der Waals surface area contributed by atoms with Crippen molar-refractivity contribution in [1.29, 1.82) is 0 Å². The lowest BCUT2D eigenvalue weighted by Gasteiger charge is -2.22.